The number of aryl methyl sites for hydroxylation is 1. The van der Waals surface area contributed by atoms with Crippen molar-refractivity contribution in [2.45, 2.75) is 23.3 Å². The highest BCUT2D eigenvalue weighted by Gasteiger charge is 2.02. The van der Waals surface area contributed by atoms with Crippen LogP contribution in [0.25, 0.3) is 0 Å². The predicted molar refractivity (Wildman–Crippen MR) is 74.6 cm³/mol. The van der Waals surface area contributed by atoms with E-state index in [0.717, 1.165) is 15.5 Å². The first kappa shape index (κ1) is 12.5. The highest BCUT2D eigenvalue weighted by atomic mass is 35.5. The summed E-state index contributed by atoms with van der Waals surface area (Å²) < 4.78 is 0. The maximum atomic E-state index is 5.97. The van der Waals surface area contributed by atoms with E-state index in [1.54, 1.807) is 11.8 Å². The molecule has 0 fully saturated rings. The first-order chi connectivity index (χ1) is 8.19. The molecule has 0 aromatic heterocycles. The molecule has 0 aliphatic rings. The SMILES string of the molecule is Cc1cc(CN)ccc1Sc1cccc(Cl)c1. The third kappa shape index (κ3) is 3.25. The maximum Gasteiger partial charge on any atom is 0.0417 e. The van der Waals surface area contributed by atoms with Crippen LogP contribution in [0.5, 0.6) is 0 Å². The molecule has 3 heteroatoms. The molecule has 0 amide bonds. The van der Waals surface area contributed by atoms with E-state index in [4.69, 9.17) is 17.3 Å². The summed E-state index contributed by atoms with van der Waals surface area (Å²) in [7, 11) is 0. The van der Waals surface area contributed by atoms with Crippen molar-refractivity contribution in [3.63, 3.8) is 0 Å². The standard InChI is InChI=1S/C14H14ClNS/c1-10-7-11(9-16)5-6-14(10)17-13-4-2-3-12(15)8-13/h2-8H,9,16H2,1H3. The van der Waals surface area contributed by atoms with Crippen LogP contribution in [0.4, 0.5) is 0 Å². The summed E-state index contributed by atoms with van der Waals surface area (Å²) >= 11 is 7.69. The quantitative estimate of drug-likeness (QED) is 0.896. The molecular weight excluding hydrogens is 250 g/mol. The molecule has 2 aromatic carbocycles. The van der Waals surface area contributed by atoms with E-state index in [-0.39, 0.29) is 0 Å². The van der Waals surface area contributed by atoms with Gasteiger partial charge in [-0.15, -0.1) is 0 Å². The highest BCUT2D eigenvalue weighted by molar-refractivity contribution is 7.99. The Morgan fingerprint density at radius 3 is 2.65 bits per heavy atom. The van der Waals surface area contributed by atoms with Crippen LogP contribution in [-0.2, 0) is 6.54 Å². The lowest BCUT2D eigenvalue weighted by molar-refractivity contribution is 1.06. The van der Waals surface area contributed by atoms with Gasteiger partial charge in [-0.2, -0.15) is 0 Å². The maximum absolute atomic E-state index is 5.97. The van der Waals surface area contributed by atoms with Crippen molar-refractivity contribution in [3.8, 4) is 0 Å². The lowest BCUT2D eigenvalue weighted by Gasteiger charge is -2.07. The number of hydrogen-bond donors (Lipinski definition) is 1. The Hall–Kier alpha value is -0.960. The third-order valence-corrected chi connectivity index (χ3v) is 3.90. The molecule has 2 rings (SSSR count). The first-order valence-corrected chi connectivity index (χ1v) is 6.61. The number of rotatable bonds is 3. The Balaban J connectivity index is 2.24. The average molecular weight is 264 g/mol. The van der Waals surface area contributed by atoms with Gasteiger partial charge in [-0.3, -0.25) is 0 Å². The van der Waals surface area contributed by atoms with E-state index in [1.807, 2.05) is 18.2 Å². The molecule has 0 saturated carbocycles. The third-order valence-electron chi connectivity index (χ3n) is 2.50. The monoisotopic (exact) mass is 263 g/mol. The zero-order valence-corrected chi connectivity index (χ0v) is 11.2. The zero-order valence-electron chi connectivity index (χ0n) is 9.61. The summed E-state index contributed by atoms with van der Waals surface area (Å²) in [6.45, 7) is 2.69. The molecule has 0 radical (unpaired) electrons. The second-order valence-electron chi connectivity index (χ2n) is 3.86. The summed E-state index contributed by atoms with van der Waals surface area (Å²) in [5.41, 5.74) is 8.03. The van der Waals surface area contributed by atoms with E-state index in [0.29, 0.717) is 6.54 Å². The van der Waals surface area contributed by atoms with Gasteiger partial charge in [0.1, 0.15) is 0 Å². The molecular formula is C14H14ClNS. The van der Waals surface area contributed by atoms with Gasteiger partial charge in [-0.25, -0.2) is 0 Å². The highest BCUT2D eigenvalue weighted by Crippen LogP contribution is 2.31. The summed E-state index contributed by atoms with van der Waals surface area (Å²) in [4.78, 5) is 2.39. The minimum absolute atomic E-state index is 0.586. The molecule has 0 saturated heterocycles. The molecule has 0 spiro atoms. The van der Waals surface area contributed by atoms with Gasteiger partial charge in [0.05, 0.1) is 0 Å². The molecule has 88 valence electrons. The fourth-order valence-electron chi connectivity index (χ4n) is 1.61. The Morgan fingerprint density at radius 2 is 2.00 bits per heavy atom. The smallest absolute Gasteiger partial charge is 0.0417 e. The van der Waals surface area contributed by atoms with Gasteiger partial charge < -0.3 is 5.73 Å². The van der Waals surface area contributed by atoms with Gasteiger partial charge >= 0.3 is 0 Å². The zero-order chi connectivity index (χ0) is 12.3. The van der Waals surface area contributed by atoms with E-state index in [1.165, 1.54) is 10.5 Å². The van der Waals surface area contributed by atoms with Crippen LogP contribution in [0.1, 0.15) is 11.1 Å². The molecule has 2 aromatic rings. The number of benzene rings is 2. The summed E-state index contributed by atoms with van der Waals surface area (Å²) in [6.07, 6.45) is 0. The normalized spacial score (nSPS) is 10.5. The van der Waals surface area contributed by atoms with Crippen LogP contribution in [-0.4, -0.2) is 0 Å². The van der Waals surface area contributed by atoms with Crippen molar-refractivity contribution < 1.29 is 0 Å². The van der Waals surface area contributed by atoms with Crippen molar-refractivity contribution >= 4 is 23.4 Å². The second-order valence-corrected chi connectivity index (χ2v) is 5.42. The van der Waals surface area contributed by atoms with Gasteiger partial charge in [0, 0.05) is 21.4 Å². The van der Waals surface area contributed by atoms with Crippen molar-refractivity contribution in [1.29, 1.82) is 0 Å². The minimum Gasteiger partial charge on any atom is -0.326 e. The molecule has 17 heavy (non-hydrogen) atoms. The lowest BCUT2D eigenvalue weighted by Crippen LogP contribution is -1.96. The van der Waals surface area contributed by atoms with Crippen molar-refractivity contribution in [2.24, 2.45) is 5.73 Å². The van der Waals surface area contributed by atoms with Gasteiger partial charge in [0.15, 0.2) is 0 Å². The summed E-state index contributed by atoms with van der Waals surface area (Å²) in [5.74, 6) is 0. The molecule has 0 bridgehead atoms. The predicted octanol–water partition coefficient (Wildman–Crippen LogP) is 4.26. The second kappa shape index (κ2) is 5.58. The van der Waals surface area contributed by atoms with Crippen LogP contribution in [0.15, 0.2) is 52.3 Å². The first-order valence-electron chi connectivity index (χ1n) is 5.42. The molecule has 0 atom stereocenters. The molecule has 0 aliphatic heterocycles. The molecule has 1 nitrogen and oxygen atoms in total. The fraction of sp³-hybridized carbons (Fsp3) is 0.143. The summed E-state index contributed by atoms with van der Waals surface area (Å²) in [5, 5.41) is 0.770. The average Bonchev–Trinajstić information content (AvgIpc) is 2.32. The van der Waals surface area contributed by atoms with Crippen LogP contribution >= 0.6 is 23.4 Å². The van der Waals surface area contributed by atoms with Crippen molar-refractivity contribution in [2.75, 3.05) is 0 Å². The number of halogens is 1. The summed E-state index contributed by atoms with van der Waals surface area (Å²) in [6, 6.07) is 14.2. The lowest BCUT2D eigenvalue weighted by atomic mass is 10.1. The largest absolute Gasteiger partial charge is 0.326 e. The Kier molecular flexibility index (Phi) is 4.11. The van der Waals surface area contributed by atoms with Gasteiger partial charge in [-0.1, -0.05) is 41.6 Å². The number of hydrogen-bond acceptors (Lipinski definition) is 2. The van der Waals surface area contributed by atoms with Gasteiger partial charge in [-0.05, 0) is 42.3 Å². The Morgan fingerprint density at radius 1 is 1.18 bits per heavy atom. The van der Waals surface area contributed by atoms with Crippen molar-refractivity contribution in [3.05, 3.63) is 58.6 Å². The van der Waals surface area contributed by atoms with Crippen LogP contribution in [0.2, 0.25) is 5.02 Å². The molecule has 0 heterocycles. The van der Waals surface area contributed by atoms with Gasteiger partial charge in [0.25, 0.3) is 0 Å². The van der Waals surface area contributed by atoms with Gasteiger partial charge in [0.2, 0.25) is 0 Å². The Labute approximate surface area is 111 Å². The Bertz CT molecular complexity index is 525. The van der Waals surface area contributed by atoms with Crippen LogP contribution < -0.4 is 5.73 Å². The van der Waals surface area contributed by atoms with Crippen LogP contribution in [0, 0.1) is 6.92 Å². The van der Waals surface area contributed by atoms with Crippen LogP contribution in [0.3, 0.4) is 0 Å². The molecule has 0 aliphatic carbocycles. The number of nitrogens with two attached hydrogens (primary N) is 1. The van der Waals surface area contributed by atoms with E-state index < -0.39 is 0 Å². The minimum atomic E-state index is 0.586. The van der Waals surface area contributed by atoms with E-state index in [9.17, 15) is 0 Å². The van der Waals surface area contributed by atoms with E-state index in [2.05, 4.69) is 31.2 Å². The molecule has 0 unspecified atom stereocenters. The topological polar surface area (TPSA) is 26.0 Å². The van der Waals surface area contributed by atoms with Crippen molar-refractivity contribution in [1.82, 2.24) is 0 Å². The molecule has 2 N–H and O–H groups in total. The fourth-order valence-corrected chi connectivity index (χ4v) is 2.81. The van der Waals surface area contributed by atoms with E-state index >= 15 is 0 Å².